The molecule has 1 aromatic carbocycles. The monoisotopic (exact) mass is 504 g/mol. The molecule has 2 heterocycles. The van der Waals surface area contributed by atoms with E-state index in [1.54, 1.807) is 19.2 Å². The molecule has 0 bridgehead atoms. The standard InChI is InChI=1S/C25H34Cl2N6O/c1-5-28-17-6-8-18(9-7-17)29-10-11-30-22-12-15(2)31-25-23(16(3)32-33(22)25)24-20(26)13-19(34-4)14-21(24)27/h12-14,17-18,28-30H,5-11H2,1-4H3. The number of fused-ring (bicyclic) bond motifs is 1. The molecule has 3 aromatic rings. The van der Waals surface area contributed by atoms with Gasteiger partial charge in [0.2, 0.25) is 0 Å². The average Bonchev–Trinajstić information content (AvgIpc) is 3.13. The first-order valence-electron chi connectivity index (χ1n) is 12.0. The molecule has 0 spiro atoms. The van der Waals surface area contributed by atoms with E-state index in [-0.39, 0.29) is 0 Å². The molecule has 2 aromatic heterocycles. The maximum Gasteiger partial charge on any atom is 0.165 e. The first-order valence-corrected chi connectivity index (χ1v) is 12.8. The maximum atomic E-state index is 6.60. The van der Waals surface area contributed by atoms with E-state index < -0.39 is 0 Å². The fourth-order valence-electron chi connectivity index (χ4n) is 4.83. The van der Waals surface area contributed by atoms with Crippen LogP contribution in [0.3, 0.4) is 0 Å². The van der Waals surface area contributed by atoms with E-state index in [2.05, 4.69) is 22.9 Å². The van der Waals surface area contributed by atoms with Gasteiger partial charge in [0, 0.05) is 42.5 Å². The van der Waals surface area contributed by atoms with E-state index in [1.807, 2.05) is 24.4 Å². The summed E-state index contributed by atoms with van der Waals surface area (Å²) in [6.07, 6.45) is 4.94. The molecule has 3 N–H and O–H groups in total. The number of halogens is 2. The highest BCUT2D eigenvalue weighted by molar-refractivity contribution is 6.39. The maximum absolute atomic E-state index is 6.60. The number of methoxy groups -OCH3 is 1. The topological polar surface area (TPSA) is 75.5 Å². The summed E-state index contributed by atoms with van der Waals surface area (Å²) in [6, 6.07) is 6.81. The van der Waals surface area contributed by atoms with Crippen molar-refractivity contribution in [2.75, 3.05) is 32.1 Å². The molecule has 1 aliphatic carbocycles. The summed E-state index contributed by atoms with van der Waals surface area (Å²) < 4.78 is 7.14. The molecule has 0 amide bonds. The number of nitrogens with one attached hydrogen (secondary N) is 3. The molecule has 0 unspecified atom stereocenters. The minimum Gasteiger partial charge on any atom is -0.497 e. The summed E-state index contributed by atoms with van der Waals surface area (Å²) in [5.74, 6) is 1.51. The molecule has 34 heavy (non-hydrogen) atoms. The van der Waals surface area contributed by atoms with Crippen molar-refractivity contribution in [3.05, 3.63) is 39.6 Å². The van der Waals surface area contributed by atoms with Crippen molar-refractivity contribution in [3.63, 3.8) is 0 Å². The average molecular weight is 505 g/mol. The first-order chi connectivity index (χ1) is 16.4. The molecule has 0 saturated heterocycles. The summed E-state index contributed by atoms with van der Waals surface area (Å²) in [5, 5.41) is 16.6. The molecular formula is C25H34Cl2N6O. The minimum atomic E-state index is 0.508. The second-order valence-corrected chi connectivity index (χ2v) is 9.75. The van der Waals surface area contributed by atoms with Crippen molar-refractivity contribution >= 4 is 34.7 Å². The third-order valence-electron chi connectivity index (χ3n) is 6.48. The molecule has 4 rings (SSSR count). The summed E-state index contributed by atoms with van der Waals surface area (Å²) in [7, 11) is 1.59. The number of hydrogen-bond acceptors (Lipinski definition) is 6. The number of ether oxygens (including phenoxy) is 1. The van der Waals surface area contributed by atoms with Crippen molar-refractivity contribution < 1.29 is 4.74 Å². The van der Waals surface area contributed by atoms with Crippen LogP contribution in [0, 0.1) is 13.8 Å². The van der Waals surface area contributed by atoms with Crippen LogP contribution in [0.1, 0.15) is 44.0 Å². The van der Waals surface area contributed by atoms with Crippen LogP contribution in [-0.2, 0) is 0 Å². The van der Waals surface area contributed by atoms with Crippen LogP contribution in [0.15, 0.2) is 18.2 Å². The predicted molar refractivity (Wildman–Crippen MR) is 141 cm³/mol. The Bertz CT molecular complexity index is 1120. The summed E-state index contributed by atoms with van der Waals surface area (Å²) >= 11 is 13.2. The van der Waals surface area contributed by atoms with Crippen LogP contribution in [-0.4, -0.2) is 53.4 Å². The summed E-state index contributed by atoms with van der Waals surface area (Å²) in [5.41, 5.74) is 3.98. The fraction of sp³-hybridized carbons (Fsp3) is 0.520. The smallest absolute Gasteiger partial charge is 0.165 e. The number of rotatable bonds is 9. The van der Waals surface area contributed by atoms with Gasteiger partial charge in [-0.2, -0.15) is 9.61 Å². The number of anilines is 1. The fourth-order valence-corrected chi connectivity index (χ4v) is 5.48. The highest BCUT2D eigenvalue weighted by Crippen LogP contribution is 2.41. The van der Waals surface area contributed by atoms with Gasteiger partial charge >= 0.3 is 0 Å². The van der Waals surface area contributed by atoms with E-state index in [0.717, 1.165) is 53.6 Å². The second kappa shape index (κ2) is 11.1. The Morgan fingerprint density at radius 2 is 1.62 bits per heavy atom. The Morgan fingerprint density at radius 1 is 0.971 bits per heavy atom. The predicted octanol–water partition coefficient (Wildman–Crippen LogP) is 5.25. The van der Waals surface area contributed by atoms with E-state index in [0.29, 0.717) is 27.9 Å². The number of benzene rings is 1. The Morgan fingerprint density at radius 3 is 2.24 bits per heavy atom. The van der Waals surface area contributed by atoms with Crippen LogP contribution in [0.5, 0.6) is 5.75 Å². The normalized spacial score (nSPS) is 18.4. The van der Waals surface area contributed by atoms with Gasteiger partial charge in [-0.1, -0.05) is 30.1 Å². The highest BCUT2D eigenvalue weighted by atomic mass is 35.5. The van der Waals surface area contributed by atoms with Gasteiger partial charge < -0.3 is 20.7 Å². The zero-order chi connectivity index (χ0) is 24.2. The third kappa shape index (κ3) is 5.43. The molecular weight excluding hydrogens is 471 g/mol. The third-order valence-corrected chi connectivity index (χ3v) is 7.07. The lowest BCUT2D eigenvalue weighted by Crippen LogP contribution is -2.41. The number of aromatic nitrogens is 3. The zero-order valence-electron chi connectivity index (χ0n) is 20.3. The molecule has 0 aliphatic heterocycles. The van der Waals surface area contributed by atoms with E-state index in [4.69, 9.17) is 38.0 Å². The largest absolute Gasteiger partial charge is 0.497 e. The van der Waals surface area contributed by atoms with Gasteiger partial charge in [-0.05, 0) is 58.2 Å². The van der Waals surface area contributed by atoms with Crippen molar-refractivity contribution in [1.82, 2.24) is 25.2 Å². The van der Waals surface area contributed by atoms with Crippen LogP contribution in [0.25, 0.3) is 16.8 Å². The van der Waals surface area contributed by atoms with Crippen LogP contribution in [0.2, 0.25) is 10.0 Å². The SMILES string of the molecule is CCNC1CCC(NCCNc2cc(C)nc3c(-c4c(Cl)cc(OC)cc4Cl)c(C)nn23)CC1. The molecule has 1 aliphatic rings. The molecule has 0 atom stereocenters. The van der Waals surface area contributed by atoms with E-state index >= 15 is 0 Å². The van der Waals surface area contributed by atoms with E-state index in [9.17, 15) is 0 Å². The number of hydrogen-bond donors (Lipinski definition) is 3. The van der Waals surface area contributed by atoms with Crippen LogP contribution >= 0.6 is 23.2 Å². The van der Waals surface area contributed by atoms with Crippen molar-refractivity contribution in [2.45, 2.75) is 58.5 Å². The molecule has 1 fully saturated rings. The van der Waals surface area contributed by atoms with Gasteiger partial charge in [0.25, 0.3) is 0 Å². The molecule has 0 radical (unpaired) electrons. The quantitative estimate of drug-likeness (QED) is 0.345. The molecule has 9 heteroatoms. The van der Waals surface area contributed by atoms with Gasteiger partial charge in [-0.15, -0.1) is 0 Å². The molecule has 1 saturated carbocycles. The lowest BCUT2D eigenvalue weighted by molar-refractivity contribution is 0.313. The lowest BCUT2D eigenvalue weighted by atomic mass is 9.91. The Kier molecular flexibility index (Phi) is 8.19. The highest BCUT2D eigenvalue weighted by Gasteiger charge is 2.22. The van der Waals surface area contributed by atoms with Crippen LogP contribution in [0.4, 0.5) is 5.82 Å². The van der Waals surface area contributed by atoms with Gasteiger partial charge in [-0.3, -0.25) is 0 Å². The van der Waals surface area contributed by atoms with Gasteiger partial charge in [0.1, 0.15) is 11.6 Å². The summed E-state index contributed by atoms with van der Waals surface area (Å²) in [4.78, 5) is 4.77. The van der Waals surface area contributed by atoms with E-state index in [1.165, 1.54) is 25.7 Å². The Balaban J connectivity index is 1.49. The Hall–Kier alpha value is -2.06. The number of nitrogens with zero attached hydrogens (tertiary/aromatic N) is 3. The van der Waals surface area contributed by atoms with Gasteiger partial charge in [-0.25, -0.2) is 4.98 Å². The summed E-state index contributed by atoms with van der Waals surface area (Å²) in [6.45, 7) is 8.85. The zero-order valence-corrected chi connectivity index (χ0v) is 21.9. The second-order valence-electron chi connectivity index (χ2n) is 8.93. The minimum absolute atomic E-state index is 0.508. The lowest BCUT2D eigenvalue weighted by Gasteiger charge is -2.29. The van der Waals surface area contributed by atoms with Crippen LogP contribution < -0.4 is 20.7 Å². The van der Waals surface area contributed by atoms with Gasteiger partial charge in [0.15, 0.2) is 5.65 Å². The Labute approximate surface area is 211 Å². The molecule has 7 nitrogen and oxygen atoms in total. The van der Waals surface area contributed by atoms with Crippen molar-refractivity contribution in [3.8, 4) is 16.9 Å². The first kappa shape index (κ1) is 25.0. The van der Waals surface area contributed by atoms with Crippen molar-refractivity contribution in [1.29, 1.82) is 0 Å². The number of aryl methyl sites for hydroxylation is 2. The molecule has 184 valence electrons. The van der Waals surface area contributed by atoms with Crippen molar-refractivity contribution in [2.24, 2.45) is 0 Å². The van der Waals surface area contributed by atoms with Gasteiger partial charge in [0.05, 0.1) is 28.4 Å².